The lowest BCUT2D eigenvalue weighted by Gasteiger charge is -2.07. The smallest absolute Gasteiger partial charge is 0.272 e. The van der Waals surface area contributed by atoms with Crippen molar-refractivity contribution in [2.75, 3.05) is 5.32 Å². The maximum absolute atomic E-state index is 12.1. The van der Waals surface area contributed by atoms with Crippen LogP contribution in [0.1, 0.15) is 21.5 Å². The van der Waals surface area contributed by atoms with Crippen molar-refractivity contribution >= 4 is 33.2 Å². The number of anilines is 1. The summed E-state index contributed by atoms with van der Waals surface area (Å²) in [5.74, 6) is -0.246. The lowest BCUT2D eigenvalue weighted by atomic mass is 10.1. The Bertz CT molecular complexity index is 684. The molecule has 0 unspecified atom stereocenters. The molecule has 1 N–H and O–H groups in total. The Morgan fingerprint density at radius 2 is 1.90 bits per heavy atom. The maximum atomic E-state index is 12.1. The van der Waals surface area contributed by atoms with Gasteiger partial charge in [-0.2, -0.15) is 0 Å². The van der Waals surface area contributed by atoms with E-state index in [1.807, 2.05) is 12.1 Å². The average Bonchev–Trinajstić information content (AvgIpc) is 2.47. The Morgan fingerprint density at radius 3 is 2.43 bits per heavy atom. The first kappa shape index (κ1) is 15.2. The molecule has 0 atom stereocenters. The van der Waals surface area contributed by atoms with E-state index in [9.17, 15) is 14.9 Å². The summed E-state index contributed by atoms with van der Waals surface area (Å²) in [5.41, 5.74) is 2.70. The molecule has 1 amide bonds. The van der Waals surface area contributed by atoms with Gasteiger partial charge in [-0.1, -0.05) is 28.1 Å². The highest BCUT2D eigenvalue weighted by Crippen LogP contribution is 2.22. The molecule has 0 radical (unpaired) electrons. The Kier molecular flexibility index (Phi) is 4.70. The van der Waals surface area contributed by atoms with Crippen LogP contribution in [0.15, 0.2) is 42.5 Å². The SMILES string of the molecule is Cc1cc(NC(=O)c2ccc(CBr)cc2)ccc1[N+](=O)[O-]. The van der Waals surface area contributed by atoms with Gasteiger partial charge in [-0.15, -0.1) is 0 Å². The molecule has 0 spiro atoms. The molecule has 2 rings (SSSR count). The summed E-state index contributed by atoms with van der Waals surface area (Å²) in [4.78, 5) is 22.4. The second-order valence-electron chi connectivity index (χ2n) is 4.54. The van der Waals surface area contributed by atoms with Crippen molar-refractivity contribution < 1.29 is 9.72 Å². The van der Waals surface area contributed by atoms with Gasteiger partial charge in [0.2, 0.25) is 0 Å². The minimum absolute atomic E-state index is 0.0367. The number of hydrogen-bond acceptors (Lipinski definition) is 3. The third-order valence-electron chi connectivity index (χ3n) is 3.02. The van der Waals surface area contributed by atoms with Crippen molar-refractivity contribution in [3.63, 3.8) is 0 Å². The minimum Gasteiger partial charge on any atom is -0.322 e. The van der Waals surface area contributed by atoms with Crippen molar-refractivity contribution in [3.05, 3.63) is 69.3 Å². The normalized spacial score (nSPS) is 10.2. The number of rotatable bonds is 4. The molecule has 0 aliphatic rings. The molecule has 21 heavy (non-hydrogen) atoms. The van der Waals surface area contributed by atoms with E-state index in [2.05, 4.69) is 21.2 Å². The van der Waals surface area contributed by atoms with Crippen LogP contribution in [0, 0.1) is 17.0 Å². The van der Waals surface area contributed by atoms with Crippen LogP contribution in [0.3, 0.4) is 0 Å². The summed E-state index contributed by atoms with van der Waals surface area (Å²) < 4.78 is 0. The van der Waals surface area contributed by atoms with Gasteiger partial charge >= 0.3 is 0 Å². The van der Waals surface area contributed by atoms with E-state index < -0.39 is 4.92 Å². The summed E-state index contributed by atoms with van der Waals surface area (Å²) in [6, 6.07) is 11.7. The zero-order chi connectivity index (χ0) is 15.4. The molecule has 5 nitrogen and oxygen atoms in total. The number of halogens is 1. The fraction of sp³-hybridized carbons (Fsp3) is 0.133. The van der Waals surface area contributed by atoms with Crippen LogP contribution in [-0.4, -0.2) is 10.8 Å². The Labute approximate surface area is 130 Å². The van der Waals surface area contributed by atoms with Gasteiger partial charge in [-0.05, 0) is 36.8 Å². The lowest BCUT2D eigenvalue weighted by Crippen LogP contribution is -2.12. The molecule has 0 bridgehead atoms. The van der Waals surface area contributed by atoms with Crippen molar-refractivity contribution in [1.82, 2.24) is 0 Å². The van der Waals surface area contributed by atoms with Crippen molar-refractivity contribution in [1.29, 1.82) is 0 Å². The molecular formula is C15H13BrN2O3. The largest absolute Gasteiger partial charge is 0.322 e. The van der Waals surface area contributed by atoms with Gasteiger partial charge in [0, 0.05) is 28.2 Å². The van der Waals surface area contributed by atoms with E-state index in [4.69, 9.17) is 0 Å². The van der Waals surface area contributed by atoms with Crippen LogP contribution in [0.5, 0.6) is 0 Å². The van der Waals surface area contributed by atoms with Gasteiger partial charge in [0.15, 0.2) is 0 Å². The van der Waals surface area contributed by atoms with Gasteiger partial charge in [0.25, 0.3) is 11.6 Å². The first-order chi connectivity index (χ1) is 10.0. The minimum atomic E-state index is -0.445. The maximum Gasteiger partial charge on any atom is 0.272 e. The van der Waals surface area contributed by atoms with Gasteiger partial charge in [0.1, 0.15) is 0 Å². The number of nitro groups is 1. The first-order valence-electron chi connectivity index (χ1n) is 6.22. The number of carbonyl (C=O) groups excluding carboxylic acids is 1. The van der Waals surface area contributed by atoms with E-state index in [0.717, 1.165) is 10.9 Å². The number of amides is 1. The number of hydrogen-bond donors (Lipinski definition) is 1. The molecule has 2 aromatic rings. The molecule has 0 aliphatic carbocycles. The molecule has 6 heteroatoms. The number of nitrogens with zero attached hydrogens (tertiary/aromatic N) is 1. The number of aryl methyl sites for hydroxylation is 1. The van der Waals surface area contributed by atoms with Gasteiger partial charge < -0.3 is 5.32 Å². The van der Waals surface area contributed by atoms with Gasteiger partial charge in [-0.25, -0.2) is 0 Å². The van der Waals surface area contributed by atoms with Gasteiger partial charge in [0.05, 0.1) is 4.92 Å². The topological polar surface area (TPSA) is 72.2 Å². The number of nitrogens with one attached hydrogen (secondary N) is 1. The second-order valence-corrected chi connectivity index (χ2v) is 5.10. The zero-order valence-electron chi connectivity index (χ0n) is 11.3. The summed E-state index contributed by atoms with van der Waals surface area (Å²) >= 11 is 3.34. The molecule has 108 valence electrons. The monoisotopic (exact) mass is 348 g/mol. The molecular weight excluding hydrogens is 336 g/mol. The molecule has 0 saturated carbocycles. The van der Waals surface area contributed by atoms with E-state index in [0.29, 0.717) is 16.8 Å². The highest BCUT2D eigenvalue weighted by Gasteiger charge is 2.12. The number of carbonyl (C=O) groups is 1. The van der Waals surface area contributed by atoms with Crippen LogP contribution in [0.4, 0.5) is 11.4 Å². The number of nitro benzene ring substituents is 1. The summed E-state index contributed by atoms with van der Waals surface area (Å²) in [6.07, 6.45) is 0. The fourth-order valence-electron chi connectivity index (χ4n) is 1.89. The van der Waals surface area contributed by atoms with E-state index in [1.54, 1.807) is 25.1 Å². The van der Waals surface area contributed by atoms with E-state index in [1.165, 1.54) is 12.1 Å². The quantitative estimate of drug-likeness (QED) is 0.514. The fourth-order valence-corrected chi connectivity index (χ4v) is 2.26. The summed E-state index contributed by atoms with van der Waals surface area (Å²) in [7, 11) is 0. The predicted molar refractivity (Wildman–Crippen MR) is 84.9 cm³/mol. The van der Waals surface area contributed by atoms with Crippen LogP contribution >= 0.6 is 15.9 Å². The molecule has 0 fully saturated rings. The van der Waals surface area contributed by atoms with Crippen molar-refractivity contribution in [2.24, 2.45) is 0 Å². The molecule has 0 heterocycles. The first-order valence-corrected chi connectivity index (χ1v) is 7.34. The Morgan fingerprint density at radius 1 is 1.24 bits per heavy atom. The van der Waals surface area contributed by atoms with Gasteiger partial charge in [-0.3, -0.25) is 14.9 Å². The number of benzene rings is 2. The Hall–Kier alpha value is -2.21. The molecule has 0 aliphatic heterocycles. The standard InChI is InChI=1S/C15H13BrN2O3/c1-10-8-13(6-7-14(10)18(20)21)17-15(19)12-4-2-11(9-16)3-5-12/h2-8H,9H2,1H3,(H,17,19). The second kappa shape index (κ2) is 6.49. The van der Waals surface area contributed by atoms with E-state index >= 15 is 0 Å². The van der Waals surface area contributed by atoms with Crippen LogP contribution in [0.2, 0.25) is 0 Å². The van der Waals surface area contributed by atoms with Crippen LogP contribution < -0.4 is 5.32 Å². The molecule has 0 saturated heterocycles. The molecule has 2 aromatic carbocycles. The molecule has 0 aromatic heterocycles. The Balaban J connectivity index is 2.15. The third-order valence-corrected chi connectivity index (χ3v) is 3.67. The predicted octanol–water partition coefficient (Wildman–Crippen LogP) is 4.05. The van der Waals surface area contributed by atoms with Crippen molar-refractivity contribution in [2.45, 2.75) is 12.3 Å². The van der Waals surface area contributed by atoms with Crippen molar-refractivity contribution in [3.8, 4) is 0 Å². The summed E-state index contributed by atoms with van der Waals surface area (Å²) in [5, 5.41) is 14.2. The lowest BCUT2D eigenvalue weighted by molar-refractivity contribution is -0.385. The van der Waals surface area contributed by atoms with E-state index in [-0.39, 0.29) is 11.6 Å². The number of alkyl halides is 1. The van der Waals surface area contributed by atoms with Crippen LogP contribution in [0.25, 0.3) is 0 Å². The van der Waals surface area contributed by atoms with Crippen LogP contribution in [-0.2, 0) is 5.33 Å². The average molecular weight is 349 g/mol. The highest BCUT2D eigenvalue weighted by atomic mass is 79.9. The third kappa shape index (κ3) is 3.66. The zero-order valence-corrected chi connectivity index (χ0v) is 12.9. The summed E-state index contributed by atoms with van der Waals surface area (Å²) in [6.45, 7) is 1.64. The highest BCUT2D eigenvalue weighted by molar-refractivity contribution is 9.08.